The lowest BCUT2D eigenvalue weighted by atomic mass is 9.62. The lowest BCUT2D eigenvalue weighted by molar-refractivity contribution is 0.00703. The zero-order valence-corrected chi connectivity index (χ0v) is 27.0. The van der Waals surface area contributed by atoms with Gasteiger partial charge in [-0.2, -0.15) is 5.26 Å². The quantitative estimate of drug-likeness (QED) is 0.178. The maximum absolute atomic E-state index is 15.9. The van der Waals surface area contributed by atoms with E-state index in [1.807, 2.05) is 20.8 Å². The lowest BCUT2D eigenvalue weighted by Crippen LogP contribution is -2.46. The van der Waals surface area contributed by atoms with Gasteiger partial charge in [-0.3, -0.25) is 0 Å². The zero-order valence-electron chi connectivity index (χ0n) is 25.5. The Morgan fingerprint density at radius 2 is 1.77 bits per heavy atom. The number of halogens is 4. The molecule has 234 valence electrons. The van der Waals surface area contributed by atoms with E-state index in [1.165, 1.54) is 24.3 Å². The molecule has 4 rings (SSSR count). The molecular weight excluding hydrogens is 607 g/mol. The molecule has 0 saturated carbocycles. The molecular formula is C34H37Cl2F2N3O3. The van der Waals surface area contributed by atoms with Gasteiger partial charge >= 0.3 is 5.97 Å². The Labute approximate surface area is 267 Å². The number of carbonyl (C=O) groups excluding carboxylic acids is 1. The van der Waals surface area contributed by atoms with E-state index in [-0.39, 0.29) is 37.8 Å². The SMILES string of the molecule is CC(C)(C)CC1NC(C(O)Nc2ccccc2C(=O)OC(C)(C)C)C(c2cccc(Cl)c2F)C1(C#N)c1ccc(Cl)cc1F. The molecule has 6 nitrogen and oxygen atoms in total. The van der Waals surface area contributed by atoms with Gasteiger partial charge in [0.05, 0.1) is 28.4 Å². The van der Waals surface area contributed by atoms with Crippen LogP contribution in [-0.4, -0.2) is 35.0 Å². The fourth-order valence-electron chi connectivity index (χ4n) is 6.02. The summed E-state index contributed by atoms with van der Waals surface area (Å²) in [5, 5.41) is 29.2. The van der Waals surface area contributed by atoms with E-state index >= 15 is 8.78 Å². The molecule has 10 heteroatoms. The molecule has 3 aromatic carbocycles. The number of hydrogen-bond acceptors (Lipinski definition) is 6. The summed E-state index contributed by atoms with van der Waals surface area (Å²) in [7, 11) is 0. The van der Waals surface area contributed by atoms with Crippen LogP contribution in [0.1, 0.15) is 75.4 Å². The van der Waals surface area contributed by atoms with Gasteiger partial charge < -0.3 is 20.5 Å². The van der Waals surface area contributed by atoms with Gasteiger partial charge in [-0.1, -0.05) is 74.3 Å². The fraction of sp³-hybridized carbons (Fsp3) is 0.412. The van der Waals surface area contributed by atoms with E-state index in [4.69, 9.17) is 27.9 Å². The van der Waals surface area contributed by atoms with Gasteiger partial charge in [0.2, 0.25) is 0 Å². The highest BCUT2D eigenvalue weighted by Crippen LogP contribution is 2.53. The first-order valence-electron chi connectivity index (χ1n) is 14.3. The Bertz CT molecular complexity index is 1580. The number of benzene rings is 3. The summed E-state index contributed by atoms with van der Waals surface area (Å²) in [6.07, 6.45) is -1.13. The zero-order chi connectivity index (χ0) is 32.6. The molecule has 1 fully saturated rings. The Morgan fingerprint density at radius 1 is 1.09 bits per heavy atom. The van der Waals surface area contributed by atoms with Crippen molar-refractivity contribution < 1.29 is 23.4 Å². The molecule has 5 unspecified atom stereocenters. The highest BCUT2D eigenvalue weighted by Gasteiger charge is 2.61. The summed E-state index contributed by atoms with van der Waals surface area (Å²) in [4.78, 5) is 13.0. The highest BCUT2D eigenvalue weighted by molar-refractivity contribution is 6.31. The van der Waals surface area contributed by atoms with E-state index < -0.39 is 52.8 Å². The van der Waals surface area contributed by atoms with Gasteiger partial charge in [-0.05, 0) is 68.5 Å². The molecule has 1 aliphatic rings. The smallest absolute Gasteiger partial charge is 0.340 e. The first kappa shape index (κ1) is 33.7. The molecule has 44 heavy (non-hydrogen) atoms. The van der Waals surface area contributed by atoms with Crippen LogP contribution in [0.3, 0.4) is 0 Å². The summed E-state index contributed by atoms with van der Waals surface area (Å²) >= 11 is 12.3. The average molecular weight is 645 g/mol. The van der Waals surface area contributed by atoms with Crippen molar-refractivity contribution in [1.82, 2.24) is 5.32 Å². The molecule has 0 radical (unpaired) electrons. The molecule has 0 aliphatic carbocycles. The van der Waals surface area contributed by atoms with E-state index in [0.717, 1.165) is 6.07 Å². The van der Waals surface area contributed by atoms with Gasteiger partial charge in [-0.25, -0.2) is 13.6 Å². The molecule has 5 atom stereocenters. The van der Waals surface area contributed by atoms with Gasteiger partial charge in [0.15, 0.2) is 0 Å². The monoisotopic (exact) mass is 643 g/mol. The van der Waals surface area contributed by atoms with E-state index in [9.17, 15) is 15.2 Å². The fourth-order valence-corrected chi connectivity index (χ4v) is 6.36. The van der Waals surface area contributed by atoms with Crippen molar-refractivity contribution in [2.45, 2.75) is 83.2 Å². The van der Waals surface area contributed by atoms with Crippen LogP contribution in [0.15, 0.2) is 60.7 Å². The second-order valence-corrected chi connectivity index (χ2v) is 14.2. The first-order valence-corrected chi connectivity index (χ1v) is 15.1. The molecule has 1 heterocycles. The number of aliphatic hydroxyl groups excluding tert-OH is 1. The lowest BCUT2D eigenvalue weighted by Gasteiger charge is -2.38. The van der Waals surface area contributed by atoms with Gasteiger partial charge in [0.25, 0.3) is 0 Å². The normalized spacial score (nSPS) is 22.7. The number of nitriles is 1. The van der Waals surface area contributed by atoms with Gasteiger partial charge in [-0.15, -0.1) is 0 Å². The third-order valence-electron chi connectivity index (χ3n) is 7.68. The Morgan fingerprint density at radius 3 is 2.39 bits per heavy atom. The van der Waals surface area contributed by atoms with Gasteiger partial charge in [0.1, 0.15) is 28.9 Å². The van der Waals surface area contributed by atoms with Crippen molar-refractivity contribution in [2.75, 3.05) is 5.32 Å². The number of nitrogens with one attached hydrogen (secondary N) is 2. The number of esters is 1. The van der Waals surface area contributed by atoms with Crippen molar-refractivity contribution in [3.05, 3.63) is 99.0 Å². The summed E-state index contributed by atoms with van der Waals surface area (Å²) in [6, 6.07) is 15.5. The largest absolute Gasteiger partial charge is 0.456 e. The van der Waals surface area contributed by atoms with Crippen LogP contribution in [-0.2, 0) is 10.2 Å². The number of anilines is 1. The second-order valence-electron chi connectivity index (χ2n) is 13.4. The third kappa shape index (κ3) is 6.87. The molecule has 0 bridgehead atoms. The number of hydrogen-bond donors (Lipinski definition) is 3. The van der Waals surface area contributed by atoms with Crippen molar-refractivity contribution in [3.63, 3.8) is 0 Å². The Hall–Kier alpha value is -3.22. The first-order chi connectivity index (χ1) is 20.5. The molecule has 3 aromatic rings. The Kier molecular flexibility index (Phi) is 9.68. The predicted molar refractivity (Wildman–Crippen MR) is 169 cm³/mol. The minimum Gasteiger partial charge on any atom is -0.456 e. The molecule has 0 amide bonds. The van der Waals surface area contributed by atoms with Crippen LogP contribution in [0, 0.1) is 28.4 Å². The summed E-state index contributed by atoms with van der Waals surface area (Å²) in [5.74, 6) is -3.27. The molecule has 0 spiro atoms. The van der Waals surface area contributed by atoms with E-state index in [0.29, 0.717) is 6.42 Å². The summed E-state index contributed by atoms with van der Waals surface area (Å²) in [5.41, 5.74) is -2.36. The second kappa shape index (κ2) is 12.6. The minimum atomic E-state index is -1.72. The number of para-hydroxylation sites is 1. The number of nitrogens with zero attached hydrogens (tertiary/aromatic N) is 1. The molecule has 1 saturated heterocycles. The highest BCUT2D eigenvalue weighted by atomic mass is 35.5. The summed E-state index contributed by atoms with van der Waals surface area (Å²) < 4.78 is 37.3. The number of ether oxygens (including phenoxy) is 1. The predicted octanol–water partition coefficient (Wildman–Crippen LogP) is 7.98. The minimum absolute atomic E-state index is 0.0133. The maximum atomic E-state index is 15.9. The maximum Gasteiger partial charge on any atom is 0.340 e. The number of carbonyl (C=O) groups is 1. The van der Waals surface area contributed by atoms with Gasteiger partial charge in [0, 0.05) is 22.5 Å². The molecule has 3 N–H and O–H groups in total. The topological polar surface area (TPSA) is 94.4 Å². The Balaban J connectivity index is 1.91. The number of rotatable bonds is 7. The molecule has 1 aliphatic heterocycles. The van der Waals surface area contributed by atoms with Crippen molar-refractivity contribution in [2.24, 2.45) is 5.41 Å². The van der Waals surface area contributed by atoms with Crippen molar-refractivity contribution in [1.29, 1.82) is 5.26 Å². The van der Waals surface area contributed by atoms with Crippen LogP contribution in [0.25, 0.3) is 0 Å². The average Bonchev–Trinajstić information content (AvgIpc) is 3.22. The van der Waals surface area contributed by atoms with E-state index in [2.05, 4.69) is 16.7 Å². The van der Waals surface area contributed by atoms with Crippen LogP contribution >= 0.6 is 23.2 Å². The van der Waals surface area contributed by atoms with E-state index in [1.54, 1.807) is 51.1 Å². The van der Waals surface area contributed by atoms with Crippen molar-refractivity contribution >= 4 is 34.9 Å². The van der Waals surface area contributed by atoms with Crippen LogP contribution < -0.4 is 10.6 Å². The van der Waals surface area contributed by atoms with Crippen LogP contribution in [0.5, 0.6) is 0 Å². The molecule has 0 aromatic heterocycles. The summed E-state index contributed by atoms with van der Waals surface area (Å²) in [6.45, 7) is 11.2. The number of aliphatic hydroxyl groups is 1. The van der Waals surface area contributed by atoms with Crippen molar-refractivity contribution in [3.8, 4) is 6.07 Å². The standard InChI is InChI=1S/C34H37Cl2F2N3O3/c1-32(2,3)17-26-34(18-39,22-15-14-19(35)16-24(22)37)27(21-11-9-12-23(36)28(21)38)29(41-26)30(42)40-25-13-8-7-10-20(25)31(43)44-33(4,5)6/h7-16,26-27,29-30,40-42H,17H2,1-6H3. The van der Waals surface area contributed by atoms with Crippen LogP contribution in [0.2, 0.25) is 10.0 Å². The van der Waals surface area contributed by atoms with Crippen LogP contribution in [0.4, 0.5) is 14.5 Å². The third-order valence-corrected chi connectivity index (χ3v) is 8.20.